The number of hydrogen-bond donors (Lipinski definition) is 0. The zero-order chi connectivity index (χ0) is 11.3. The van der Waals surface area contributed by atoms with Crippen LogP contribution >= 0.6 is 15.9 Å². The van der Waals surface area contributed by atoms with Crippen molar-refractivity contribution in [1.29, 1.82) is 5.26 Å². The zero-order valence-electron chi connectivity index (χ0n) is 9.00. The summed E-state index contributed by atoms with van der Waals surface area (Å²) in [5.41, 5.74) is 3.15. The lowest BCUT2D eigenvalue weighted by molar-refractivity contribution is 0.866. The number of allylic oxidation sites excluding steroid dienone is 1. The van der Waals surface area contributed by atoms with Crippen LogP contribution in [0.5, 0.6) is 0 Å². The molecule has 2 heteroatoms. The molecule has 1 aromatic rings. The molecular formula is C13H14BrN. The molecule has 0 aliphatic carbocycles. The number of benzene rings is 1. The van der Waals surface area contributed by atoms with Crippen LogP contribution < -0.4 is 0 Å². The summed E-state index contributed by atoms with van der Waals surface area (Å²) in [4.78, 5) is 0. The van der Waals surface area contributed by atoms with Crippen molar-refractivity contribution in [2.24, 2.45) is 0 Å². The molecule has 78 valence electrons. The second-order valence-corrected chi connectivity index (χ2v) is 4.30. The lowest BCUT2D eigenvalue weighted by atomic mass is 10.0. The second-order valence-electron chi connectivity index (χ2n) is 3.74. The van der Waals surface area contributed by atoms with Gasteiger partial charge < -0.3 is 0 Å². The van der Waals surface area contributed by atoms with Crippen LogP contribution in [0.25, 0.3) is 6.08 Å². The summed E-state index contributed by atoms with van der Waals surface area (Å²) in [7, 11) is 0. The Labute approximate surface area is 99.6 Å². The molecule has 0 fully saturated rings. The summed E-state index contributed by atoms with van der Waals surface area (Å²) in [6, 6.07) is 10.5. The lowest BCUT2D eigenvalue weighted by Crippen LogP contribution is -1.87. The van der Waals surface area contributed by atoms with Crippen molar-refractivity contribution in [1.82, 2.24) is 0 Å². The summed E-state index contributed by atoms with van der Waals surface area (Å²) in [5.74, 6) is 0.551. The quantitative estimate of drug-likeness (QED) is 0.595. The molecule has 0 saturated heterocycles. The molecule has 0 aliphatic rings. The fraction of sp³-hybridized carbons (Fsp3) is 0.308. The maximum atomic E-state index is 8.78. The lowest BCUT2D eigenvalue weighted by Gasteiger charge is -2.04. The van der Waals surface area contributed by atoms with Crippen molar-refractivity contribution in [3.8, 4) is 6.07 Å². The Balaban J connectivity index is 2.90. The maximum absolute atomic E-state index is 8.78. The molecule has 1 aromatic carbocycles. The van der Waals surface area contributed by atoms with E-state index in [-0.39, 0.29) is 0 Å². The highest BCUT2D eigenvalue weighted by Gasteiger charge is 1.98. The molecule has 0 bridgehead atoms. The Morgan fingerprint density at radius 3 is 2.40 bits per heavy atom. The predicted molar refractivity (Wildman–Crippen MR) is 67.9 cm³/mol. The monoisotopic (exact) mass is 263 g/mol. The van der Waals surface area contributed by atoms with Crippen LogP contribution in [0.1, 0.15) is 30.9 Å². The molecule has 15 heavy (non-hydrogen) atoms. The Hall–Kier alpha value is -1.07. The molecule has 0 heterocycles. The van der Waals surface area contributed by atoms with Gasteiger partial charge in [0.25, 0.3) is 0 Å². The van der Waals surface area contributed by atoms with E-state index in [1.54, 1.807) is 0 Å². The van der Waals surface area contributed by atoms with Gasteiger partial charge >= 0.3 is 0 Å². The van der Waals surface area contributed by atoms with Gasteiger partial charge in [0.15, 0.2) is 0 Å². The van der Waals surface area contributed by atoms with E-state index in [0.717, 1.165) is 11.1 Å². The van der Waals surface area contributed by atoms with Gasteiger partial charge in [0, 0.05) is 10.9 Å². The van der Waals surface area contributed by atoms with Crippen LogP contribution in [-0.4, -0.2) is 5.33 Å². The van der Waals surface area contributed by atoms with Crippen LogP contribution in [0.2, 0.25) is 0 Å². The van der Waals surface area contributed by atoms with Gasteiger partial charge in [-0.05, 0) is 23.1 Å². The molecule has 0 N–H and O–H groups in total. The third-order valence-electron chi connectivity index (χ3n) is 2.23. The summed E-state index contributed by atoms with van der Waals surface area (Å²) in [6.45, 7) is 4.34. The van der Waals surface area contributed by atoms with Crippen molar-refractivity contribution in [3.05, 3.63) is 41.0 Å². The molecule has 0 aromatic heterocycles. The Morgan fingerprint density at radius 1 is 1.40 bits per heavy atom. The summed E-state index contributed by atoms with van der Waals surface area (Å²) < 4.78 is 0. The largest absolute Gasteiger partial charge is 0.193 e. The standard InChI is InChI=1S/C13H14BrN/c1-10(2)13-5-3-11(4-6-13)7-12(8-14)9-15/h3-7,10H,8H2,1-2H3. The normalized spacial score (nSPS) is 11.5. The van der Waals surface area contributed by atoms with Gasteiger partial charge in [-0.3, -0.25) is 0 Å². The topological polar surface area (TPSA) is 23.8 Å². The van der Waals surface area contributed by atoms with E-state index in [9.17, 15) is 0 Å². The molecular weight excluding hydrogens is 250 g/mol. The molecule has 1 nitrogen and oxygen atoms in total. The summed E-state index contributed by atoms with van der Waals surface area (Å²) in [6.07, 6.45) is 1.90. The van der Waals surface area contributed by atoms with E-state index >= 15 is 0 Å². The third-order valence-corrected chi connectivity index (χ3v) is 2.84. The number of hydrogen-bond acceptors (Lipinski definition) is 1. The highest BCUT2D eigenvalue weighted by Crippen LogP contribution is 2.16. The fourth-order valence-electron chi connectivity index (χ4n) is 1.28. The Kier molecular flexibility index (Phi) is 4.58. The minimum absolute atomic E-state index is 0.551. The molecule has 0 spiro atoms. The number of alkyl halides is 1. The molecule has 0 saturated carbocycles. The summed E-state index contributed by atoms with van der Waals surface area (Å²) in [5, 5.41) is 9.39. The average Bonchev–Trinajstić information content (AvgIpc) is 2.26. The van der Waals surface area contributed by atoms with Crippen molar-refractivity contribution in [2.75, 3.05) is 5.33 Å². The van der Waals surface area contributed by atoms with Gasteiger partial charge in [0.2, 0.25) is 0 Å². The summed E-state index contributed by atoms with van der Waals surface area (Å²) >= 11 is 3.28. The first-order chi connectivity index (χ1) is 7.17. The van der Waals surface area contributed by atoms with Gasteiger partial charge in [-0.1, -0.05) is 54.0 Å². The van der Waals surface area contributed by atoms with E-state index < -0.39 is 0 Å². The van der Waals surface area contributed by atoms with Gasteiger partial charge in [-0.25, -0.2) is 0 Å². The number of halogens is 1. The first-order valence-electron chi connectivity index (χ1n) is 4.94. The minimum atomic E-state index is 0.551. The molecule has 0 radical (unpaired) electrons. The zero-order valence-corrected chi connectivity index (χ0v) is 10.6. The van der Waals surface area contributed by atoms with Crippen molar-refractivity contribution >= 4 is 22.0 Å². The van der Waals surface area contributed by atoms with Crippen molar-refractivity contribution < 1.29 is 0 Å². The average molecular weight is 264 g/mol. The SMILES string of the molecule is CC(C)c1ccc(C=C(C#N)CBr)cc1. The van der Waals surface area contributed by atoms with E-state index in [4.69, 9.17) is 5.26 Å². The van der Waals surface area contributed by atoms with Crippen LogP contribution in [-0.2, 0) is 0 Å². The fourth-order valence-corrected chi connectivity index (χ4v) is 1.57. The second kappa shape index (κ2) is 5.72. The molecule has 0 amide bonds. The van der Waals surface area contributed by atoms with Crippen LogP contribution in [0, 0.1) is 11.3 Å². The Bertz CT molecular complexity index is 382. The van der Waals surface area contributed by atoms with E-state index in [1.807, 2.05) is 6.08 Å². The highest BCUT2D eigenvalue weighted by molar-refractivity contribution is 9.09. The number of nitriles is 1. The molecule has 0 aliphatic heterocycles. The van der Waals surface area contributed by atoms with Gasteiger partial charge in [-0.2, -0.15) is 5.26 Å². The van der Waals surface area contributed by atoms with Crippen LogP contribution in [0.3, 0.4) is 0 Å². The van der Waals surface area contributed by atoms with Gasteiger partial charge in [0.1, 0.15) is 0 Å². The molecule has 0 unspecified atom stereocenters. The first-order valence-corrected chi connectivity index (χ1v) is 6.06. The maximum Gasteiger partial charge on any atom is 0.0956 e. The first kappa shape index (κ1) is 12.0. The van der Waals surface area contributed by atoms with Crippen molar-refractivity contribution in [3.63, 3.8) is 0 Å². The smallest absolute Gasteiger partial charge is 0.0956 e. The van der Waals surface area contributed by atoms with E-state index in [0.29, 0.717) is 11.2 Å². The van der Waals surface area contributed by atoms with Gasteiger partial charge in [-0.15, -0.1) is 0 Å². The molecule has 1 rings (SSSR count). The Morgan fingerprint density at radius 2 is 2.00 bits per heavy atom. The van der Waals surface area contributed by atoms with E-state index in [1.165, 1.54) is 5.56 Å². The van der Waals surface area contributed by atoms with Gasteiger partial charge in [0.05, 0.1) is 6.07 Å². The van der Waals surface area contributed by atoms with Crippen LogP contribution in [0.15, 0.2) is 29.8 Å². The predicted octanol–water partition coefficient (Wildman–Crippen LogP) is 4.11. The number of nitrogens with zero attached hydrogens (tertiary/aromatic N) is 1. The highest BCUT2D eigenvalue weighted by atomic mass is 79.9. The third kappa shape index (κ3) is 3.53. The van der Waals surface area contributed by atoms with E-state index in [2.05, 4.69) is 60.1 Å². The molecule has 0 atom stereocenters. The van der Waals surface area contributed by atoms with Crippen LogP contribution in [0.4, 0.5) is 0 Å². The minimum Gasteiger partial charge on any atom is -0.193 e. The van der Waals surface area contributed by atoms with Crippen molar-refractivity contribution in [2.45, 2.75) is 19.8 Å². The number of rotatable bonds is 3.